The van der Waals surface area contributed by atoms with Gasteiger partial charge in [-0.2, -0.15) is 0 Å². The van der Waals surface area contributed by atoms with E-state index in [0.717, 1.165) is 0 Å². The number of carbonyl (C=O) groups excluding carboxylic acids is 1. The minimum atomic E-state index is -0.561. The van der Waals surface area contributed by atoms with Crippen molar-refractivity contribution in [2.24, 2.45) is 0 Å². The van der Waals surface area contributed by atoms with Crippen molar-refractivity contribution in [2.45, 2.75) is 13.5 Å². The van der Waals surface area contributed by atoms with Gasteiger partial charge < -0.3 is 10.6 Å². The number of aromatic nitrogens is 2. The summed E-state index contributed by atoms with van der Waals surface area (Å²) in [5.41, 5.74) is 0.618. The molecule has 1 heterocycles. The van der Waals surface area contributed by atoms with Crippen LogP contribution in [0.5, 0.6) is 0 Å². The predicted molar refractivity (Wildman–Crippen MR) is 94.8 cm³/mol. The van der Waals surface area contributed by atoms with Gasteiger partial charge in [0.2, 0.25) is 0 Å². The minimum absolute atomic E-state index is 0.0645. The van der Waals surface area contributed by atoms with Gasteiger partial charge in [0.05, 0.1) is 5.69 Å². The van der Waals surface area contributed by atoms with Crippen LogP contribution in [0.1, 0.15) is 21.9 Å². The van der Waals surface area contributed by atoms with Crippen molar-refractivity contribution in [1.29, 1.82) is 0 Å². The quantitative estimate of drug-likeness (QED) is 0.729. The van der Waals surface area contributed by atoms with Crippen LogP contribution in [0.2, 0.25) is 0 Å². The lowest BCUT2D eigenvalue weighted by Crippen LogP contribution is -2.16. The molecule has 1 aromatic heterocycles. The number of hydrogen-bond acceptors (Lipinski definition) is 4. The molecule has 0 aliphatic heterocycles. The number of nitrogens with one attached hydrogen (secondary N) is 2. The fraction of sp³-hybridized carbons (Fsp3) is 0.105. The maximum Gasteiger partial charge on any atom is 0.274 e. The molecule has 0 fully saturated rings. The van der Waals surface area contributed by atoms with Crippen molar-refractivity contribution >= 4 is 17.4 Å². The fourth-order valence-electron chi connectivity index (χ4n) is 2.35. The number of halogens is 2. The molecule has 7 heteroatoms. The zero-order valence-corrected chi connectivity index (χ0v) is 14.0. The van der Waals surface area contributed by atoms with Gasteiger partial charge in [0.15, 0.2) is 0 Å². The molecular formula is C19H16F2N4O. The topological polar surface area (TPSA) is 66.9 Å². The van der Waals surface area contributed by atoms with E-state index in [4.69, 9.17) is 0 Å². The highest BCUT2D eigenvalue weighted by Gasteiger charge is 2.13. The van der Waals surface area contributed by atoms with E-state index >= 15 is 0 Å². The van der Waals surface area contributed by atoms with Crippen molar-refractivity contribution in [1.82, 2.24) is 9.97 Å². The van der Waals surface area contributed by atoms with Crippen molar-refractivity contribution in [3.63, 3.8) is 0 Å². The molecule has 0 spiro atoms. The summed E-state index contributed by atoms with van der Waals surface area (Å²) >= 11 is 0. The molecule has 3 aromatic rings. The molecule has 26 heavy (non-hydrogen) atoms. The van der Waals surface area contributed by atoms with Crippen molar-refractivity contribution in [2.75, 3.05) is 10.6 Å². The fourth-order valence-corrected chi connectivity index (χ4v) is 2.35. The Labute approximate surface area is 149 Å². The summed E-state index contributed by atoms with van der Waals surface area (Å²) in [4.78, 5) is 20.6. The van der Waals surface area contributed by atoms with E-state index in [1.165, 1.54) is 30.3 Å². The molecule has 0 atom stereocenters. The zero-order chi connectivity index (χ0) is 18.5. The maximum absolute atomic E-state index is 13.7. The molecule has 0 bridgehead atoms. The number of hydrogen-bond donors (Lipinski definition) is 2. The van der Waals surface area contributed by atoms with Gasteiger partial charge in [-0.3, -0.25) is 4.79 Å². The number of benzene rings is 2. The number of nitrogens with zero attached hydrogens (tertiary/aromatic N) is 2. The van der Waals surface area contributed by atoms with Crippen LogP contribution < -0.4 is 10.6 Å². The Balaban J connectivity index is 1.76. The minimum Gasteiger partial charge on any atom is -0.366 e. The predicted octanol–water partition coefficient (Wildman–Crippen LogP) is 3.93. The summed E-state index contributed by atoms with van der Waals surface area (Å²) in [7, 11) is 0. The second-order valence-corrected chi connectivity index (χ2v) is 5.56. The second-order valence-electron chi connectivity index (χ2n) is 5.56. The lowest BCUT2D eigenvalue weighted by atomic mass is 10.2. The number of rotatable bonds is 5. The van der Waals surface area contributed by atoms with E-state index < -0.39 is 11.7 Å². The molecule has 132 valence electrons. The molecule has 0 aliphatic carbocycles. The summed E-state index contributed by atoms with van der Waals surface area (Å²) < 4.78 is 27.4. The van der Waals surface area contributed by atoms with Crippen LogP contribution in [-0.2, 0) is 6.54 Å². The molecule has 0 aliphatic rings. The molecule has 1 amide bonds. The number of anilines is 2. The Morgan fingerprint density at radius 2 is 1.69 bits per heavy atom. The van der Waals surface area contributed by atoms with Gasteiger partial charge in [-0.15, -0.1) is 0 Å². The highest BCUT2D eigenvalue weighted by atomic mass is 19.1. The molecule has 0 saturated heterocycles. The molecule has 2 aromatic carbocycles. The molecule has 2 N–H and O–H groups in total. The summed E-state index contributed by atoms with van der Waals surface area (Å²) in [5.74, 6) is -0.691. The number of amides is 1. The summed E-state index contributed by atoms with van der Waals surface area (Å²) in [5, 5.41) is 5.44. The second kappa shape index (κ2) is 7.69. The SMILES string of the molecule is Cc1nc(NCc2ccccc2F)cc(C(=O)Nc2ccccc2F)n1. The summed E-state index contributed by atoms with van der Waals surface area (Å²) in [6.07, 6.45) is 0. The maximum atomic E-state index is 13.7. The van der Waals surface area contributed by atoms with Crippen molar-refractivity contribution in [3.8, 4) is 0 Å². The molecule has 0 radical (unpaired) electrons. The van der Waals surface area contributed by atoms with Gasteiger partial charge >= 0.3 is 0 Å². The van der Waals surface area contributed by atoms with E-state index in [9.17, 15) is 13.6 Å². The van der Waals surface area contributed by atoms with E-state index in [2.05, 4.69) is 20.6 Å². The molecule has 3 rings (SSSR count). The normalized spacial score (nSPS) is 10.4. The van der Waals surface area contributed by atoms with Gasteiger partial charge in [0, 0.05) is 18.2 Å². The van der Waals surface area contributed by atoms with Crippen LogP contribution in [0.25, 0.3) is 0 Å². The van der Waals surface area contributed by atoms with Crippen LogP contribution in [0, 0.1) is 18.6 Å². The van der Waals surface area contributed by atoms with Gasteiger partial charge in [0.1, 0.15) is 29.0 Å². The van der Waals surface area contributed by atoms with Gasteiger partial charge in [-0.25, -0.2) is 18.7 Å². The zero-order valence-electron chi connectivity index (χ0n) is 14.0. The van der Waals surface area contributed by atoms with Crippen LogP contribution >= 0.6 is 0 Å². The third-order valence-electron chi connectivity index (χ3n) is 3.61. The first kappa shape index (κ1) is 17.5. The monoisotopic (exact) mass is 354 g/mol. The van der Waals surface area contributed by atoms with E-state index in [0.29, 0.717) is 17.2 Å². The first-order chi connectivity index (χ1) is 12.5. The highest BCUT2D eigenvalue weighted by Crippen LogP contribution is 2.15. The van der Waals surface area contributed by atoms with Crippen LogP contribution in [0.3, 0.4) is 0 Å². The smallest absolute Gasteiger partial charge is 0.274 e. The molecule has 0 saturated carbocycles. The third kappa shape index (κ3) is 4.18. The number of aryl methyl sites for hydroxylation is 1. The molecular weight excluding hydrogens is 338 g/mol. The van der Waals surface area contributed by atoms with Crippen LogP contribution in [0.15, 0.2) is 54.6 Å². The molecule has 0 unspecified atom stereocenters. The Morgan fingerprint density at radius 3 is 2.42 bits per heavy atom. The van der Waals surface area contributed by atoms with E-state index in [-0.39, 0.29) is 23.7 Å². The largest absolute Gasteiger partial charge is 0.366 e. The Morgan fingerprint density at radius 1 is 1.00 bits per heavy atom. The first-order valence-corrected chi connectivity index (χ1v) is 7.92. The Hall–Kier alpha value is -3.35. The van der Waals surface area contributed by atoms with Gasteiger partial charge in [0.25, 0.3) is 5.91 Å². The highest BCUT2D eigenvalue weighted by molar-refractivity contribution is 6.03. The third-order valence-corrected chi connectivity index (χ3v) is 3.61. The summed E-state index contributed by atoms with van der Waals surface area (Å²) in [6, 6.07) is 13.7. The average molecular weight is 354 g/mol. The number of para-hydroxylation sites is 1. The average Bonchev–Trinajstić information content (AvgIpc) is 2.62. The Kier molecular flexibility index (Phi) is 5.17. The molecule has 5 nitrogen and oxygen atoms in total. The van der Waals surface area contributed by atoms with Gasteiger partial charge in [-0.05, 0) is 25.1 Å². The van der Waals surface area contributed by atoms with Crippen LogP contribution in [0.4, 0.5) is 20.3 Å². The van der Waals surface area contributed by atoms with E-state index in [1.807, 2.05) is 0 Å². The first-order valence-electron chi connectivity index (χ1n) is 7.92. The van der Waals surface area contributed by atoms with Crippen LogP contribution in [-0.4, -0.2) is 15.9 Å². The van der Waals surface area contributed by atoms with Crippen molar-refractivity contribution in [3.05, 3.63) is 83.3 Å². The number of carbonyl (C=O) groups is 1. The lowest BCUT2D eigenvalue weighted by molar-refractivity contribution is 0.102. The van der Waals surface area contributed by atoms with E-state index in [1.54, 1.807) is 31.2 Å². The van der Waals surface area contributed by atoms with Crippen molar-refractivity contribution < 1.29 is 13.6 Å². The van der Waals surface area contributed by atoms with Gasteiger partial charge in [-0.1, -0.05) is 30.3 Å². The lowest BCUT2D eigenvalue weighted by Gasteiger charge is -2.10. The Bertz CT molecular complexity index is 946. The standard InChI is InChI=1S/C19H16F2N4O/c1-12-23-17(19(26)25-16-9-5-4-8-15(16)21)10-18(24-12)22-11-13-6-2-3-7-14(13)20/h2-10H,11H2,1H3,(H,25,26)(H,22,23,24). The summed E-state index contributed by atoms with van der Waals surface area (Å²) in [6.45, 7) is 1.84.